The summed E-state index contributed by atoms with van der Waals surface area (Å²) >= 11 is 1.63. The van der Waals surface area contributed by atoms with E-state index in [4.69, 9.17) is 33.4 Å². The molecule has 45 heavy (non-hydrogen) atoms. The fourth-order valence-corrected chi connectivity index (χ4v) is 5.98. The van der Waals surface area contributed by atoms with Gasteiger partial charge in [-0.25, -0.2) is 14.4 Å². The Morgan fingerprint density at radius 1 is 0.867 bits per heavy atom. The molecule has 2 aromatic carbocycles. The number of ether oxygens (including phenoxy) is 6. The normalized spacial score (nSPS) is 18.3. The molecule has 0 fully saturated rings. The first-order valence-corrected chi connectivity index (χ1v) is 16.0. The van der Waals surface area contributed by atoms with E-state index in [2.05, 4.69) is 28.6 Å². The molecule has 1 aliphatic heterocycles. The molecule has 1 atom stereocenters. The van der Waals surface area contributed by atoms with E-state index >= 15 is 0 Å². The zero-order valence-corrected chi connectivity index (χ0v) is 26.8. The largest absolute Gasteiger partial charge is 0.493 e. The van der Waals surface area contributed by atoms with Crippen LogP contribution in [0.1, 0.15) is 29.2 Å². The highest BCUT2D eigenvalue weighted by Gasteiger charge is 2.17. The van der Waals surface area contributed by atoms with Crippen molar-refractivity contribution in [2.45, 2.75) is 26.4 Å². The molecular formula is C33H41FN4O6S. The molecule has 3 heterocycles. The van der Waals surface area contributed by atoms with Gasteiger partial charge in [0.1, 0.15) is 24.1 Å². The molecule has 1 aliphatic rings. The second kappa shape index (κ2) is 16.8. The number of aryl methyl sites for hydroxylation is 1. The molecule has 12 heteroatoms. The van der Waals surface area contributed by atoms with E-state index in [-0.39, 0.29) is 11.9 Å². The molecular weight excluding hydrogens is 599 g/mol. The molecule has 4 bridgehead atoms. The van der Waals surface area contributed by atoms with Gasteiger partial charge in [-0.15, -0.1) is 11.3 Å². The van der Waals surface area contributed by atoms with Crippen LogP contribution in [0.4, 0.5) is 10.2 Å². The van der Waals surface area contributed by atoms with Gasteiger partial charge in [-0.05, 0) is 55.3 Å². The molecule has 2 aromatic heterocycles. The van der Waals surface area contributed by atoms with Crippen molar-refractivity contribution in [2.24, 2.45) is 0 Å². The van der Waals surface area contributed by atoms with Crippen molar-refractivity contribution in [1.29, 1.82) is 0 Å². The van der Waals surface area contributed by atoms with Crippen molar-refractivity contribution in [2.75, 3.05) is 78.4 Å². The Morgan fingerprint density at radius 2 is 1.58 bits per heavy atom. The van der Waals surface area contributed by atoms with E-state index in [0.717, 1.165) is 31.8 Å². The predicted octanol–water partition coefficient (Wildman–Crippen LogP) is 5.54. The minimum atomic E-state index is -0.266. The van der Waals surface area contributed by atoms with Gasteiger partial charge in [0, 0.05) is 34.3 Å². The zero-order chi connectivity index (χ0) is 31.4. The van der Waals surface area contributed by atoms with Crippen LogP contribution in [-0.4, -0.2) is 83.1 Å². The number of thiophene rings is 1. The van der Waals surface area contributed by atoms with Crippen molar-refractivity contribution >= 4 is 28.1 Å². The minimum Gasteiger partial charge on any atom is -0.493 e. The van der Waals surface area contributed by atoms with Crippen LogP contribution in [0, 0.1) is 12.7 Å². The summed E-state index contributed by atoms with van der Waals surface area (Å²) in [6.45, 7) is 9.40. The van der Waals surface area contributed by atoms with Crippen LogP contribution >= 0.6 is 11.3 Å². The Morgan fingerprint density at radius 3 is 2.31 bits per heavy atom. The number of hydrogen-bond acceptors (Lipinski definition) is 11. The average molecular weight is 641 g/mol. The van der Waals surface area contributed by atoms with Crippen molar-refractivity contribution in [3.63, 3.8) is 0 Å². The molecule has 5 rings (SSSR count). The highest BCUT2D eigenvalue weighted by atomic mass is 32.1. The van der Waals surface area contributed by atoms with Gasteiger partial charge < -0.3 is 39.1 Å². The Balaban J connectivity index is 1.38. The van der Waals surface area contributed by atoms with Crippen LogP contribution in [0.15, 0.2) is 42.5 Å². The lowest BCUT2D eigenvalue weighted by atomic mass is 10.1. The van der Waals surface area contributed by atoms with E-state index in [1.165, 1.54) is 6.07 Å². The van der Waals surface area contributed by atoms with Crippen molar-refractivity contribution in [1.82, 2.24) is 15.3 Å². The van der Waals surface area contributed by atoms with Gasteiger partial charge in [-0.2, -0.15) is 0 Å². The third-order valence-corrected chi connectivity index (χ3v) is 8.48. The number of hydrogen-bond donors (Lipinski definition) is 2. The number of methoxy groups -OCH3 is 1. The van der Waals surface area contributed by atoms with Crippen LogP contribution in [-0.2, 0) is 25.5 Å². The highest BCUT2D eigenvalue weighted by molar-refractivity contribution is 7.15. The first-order chi connectivity index (χ1) is 22.0. The van der Waals surface area contributed by atoms with Gasteiger partial charge in [0.25, 0.3) is 0 Å². The van der Waals surface area contributed by atoms with E-state index in [1.807, 2.05) is 31.2 Å². The summed E-state index contributed by atoms with van der Waals surface area (Å²) in [7, 11) is 1.61. The fourth-order valence-electron chi connectivity index (χ4n) is 4.91. The molecule has 0 saturated heterocycles. The SMILES string of the molecule is COc1cc2nc(C)nc3c2cc1OCCOCCOCCOCCOCCNCc1ccc(F)cc1-c1ccc(s1)C(C)N3. The summed E-state index contributed by atoms with van der Waals surface area (Å²) in [5.41, 5.74) is 2.63. The maximum Gasteiger partial charge on any atom is 0.162 e. The van der Waals surface area contributed by atoms with E-state index in [0.29, 0.717) is 95.7 Å². The molecule has 0 amide bonds. The average Bonchev–Trinajstić information content (AvgIpc) is 3.53. The van der Waals surface area contributed by atoms with Gasteiger partial charge >= 0.3 is 0 Å². The third kappa shape index (κ3) is 9.32. The molecule has 0 radical (unpaired) electrons. The Bertz CT molecular complexity index is 1540. The lowest BCUT2D eigenvalue weighted by molar-refractivity contribution is -0.00433. The number of anilines is 1. The molecule has 0 spiro atoms. The smallest absolute Gasteiger partial charge is 0.162 e. The zero-order valence-electron chi connectivity index (χ0n) is 26.0. The minimum absolute atomic E-state index is 0.0774. The number of rotatable bonds is 1. The van der Waals surface area contributed by atoms with Crippen LogP contribution in [0.25, 0.3) is 21.3 Å². The molecule has 0 aliphatic carbocycles. The molecule has 1 unspecified atom stereocenters. The van der Waals surface area contributed by atoms with Crippen LogP contribution in [0.3, 0.4) is 0 Å². The van der Waals surface area contributed by atoms with Gasteiger partial charge in [0.05, 0.1) is 71.5 Å². The second-order valence-corrected chi connectivity index (χ2v) is 11.6. The van der Waals surface area contributed by atoms with Crippen LogP contribution < -0.4 is 20.1 Å². The molecule has 10 nitrogen and oxygen atoms in total. The fraction of sp³-hybridized carbons (Fsp3) is 0.455. The standard InChI is InChI=1S/C33H41FN4O6S/c1-22-31-6-7-32(45-31)26-18-25(34)5-4-24(26)21-35-8-9-40-10-11-41-12-13-42-14-15-43-16-17-44-30-19-27-28(20-29(30)39-3)37-23(2)38-33(27)36-22/h4-7,18-20,22,35H,8-17,21H2,1-3H3,(H,36,37,38). The molecule has 242 valence electrons. The van der Waals surface area contributed by atoms with Crippen molar-refractivity contribution < 1.29 is 32.8 Å². The second-order valence-electron chi connectivity index (χ2n) is 10.5. The Kier molecular flexibility index (Phi) is 12.3. The van der Waals surface area contributed by atoms with E-state index in [1.54, 1.807) is 24.5 Å². The number of aromatic nitrogens is 2. The molecule has 4 aromatic rings. The monoisotopic (exact) mass is 640 g/mol. The number of fused-ring (bicyclic) bond motifs is 5. The summed E-state index contributed by atoms with van der Waals surface area (Å²) in [6, 6.07) is 12.7. The number of benzene rings is 2. The topological polar surface area (TPSA) is 105 Å². The van der Waals surface area contributed by atoms with Crippen LogP contribution in [0.2, 0.25) is 0 Å². The van der Waals surface area contributed by atoms with E-state index < -0.39 is 0 Å². The summed E-state index contributed by atoms with van der Waals surface area (Å²) in [5.74, 6) is 2.22. The molecule has 2 N–H and O–H groups in total. The summed E-state index contributed by atoms with van der Waals surface area (Å²) < 4.78 is 48.5. The first kappa shape index (κ1) is 33.0. The highest BCUT2D eigenvalue weighted by Crippen LogP contribution is 2.38. The van der Waals surface area contributed by atoms with Gasteiger partial charge in [0.15, 0.2) is 11.5 Å². The first-order valence-electron chi connectivity index (χ1n) is 15.2. The van der Waals surface area contributed by atoms with Crippen LogP contribution in [0.5, 0.6) is 11.5 Å². The lowest BCUT2D eigenvalue weighted by Gasteiger charge is -2.17. The summed E-state index contributed by atoms with van der Waals surface area (Å²) in [6.07, 6.45) is 0. The number of halogens is 1. The molecule has 0 saturated carbocycles. The number of nitrogens with zero attached hydrogens (tertiary/aromatic N) is 2. The van der Waals surface area contributed by atoms with Crippen molar-refractivity contribution in [3.8, 4) is 21.9 Å². The Labute approximate surface area is 267 Å². The van der Waals surface area contributed by atoms with Gasteiger partial charge in [-0.1, -0.05) is 6.07 Å². The van der Waals surface area contributed by atoms with Gasteiger partial charge in [-0.3, -0.25) is 0 Å². The quantitative estimate of drug-likeness (QED) is 0.276. The summed E-state index contributed by atoms with van der Waals surface area (Å²) in [5, 5.41) is 7.79. The number of nitrogens with one attached hydrogen (secondary N) is 2. The maximum absolute atomic E-state index is 14.4. The predicted molar refractivity (Wildman–Crippen MR) is 173 cm³/mol. The van der Waals surface area contributed by atoms with Crippen molar-refractivity contribution in [3.05, 3.63) is 64.5 Å². The summed E-state index contributed by atoms with van der Waals surface area (Å²) in [4.78, 5) is 11.4. The van der Waals surface area contributed by atoms with E-state index in [9.17, 15) is 4.39 Å². The van der Waals surface area contributed by atoms with Gasteiger partial charge in [0.2, 0.25) is 0 Å². The third-order valence-electron chi connectivity index (χ3n) is 7.18. The maximum atomic E-state index is 14.4. The Hall–Kier alpha value is -3.39. The lowest BCUT2D eigenvalue weighted by Crippen LogP contribution is -2.21.